The van der Waals surface area contributed by atoms with Gasteiger partial charge in [-0.05, 0) is 60.0 Å². The molecule has 0 fully saturated rings. The van der Waals surface area contributed by atoms with Gasteiger partial charge in [0, 0.05) is 21.9 Å². The van der Waals surface area contributed by atoms with Gasteiger partial charge >= 0.3 is 0 Å². The maximum absolute atomic E-state index is 12.4. The number of thiophene rings is 1. The smallest absolute Gasteiger partial charge is 0.225 e. The Kier molecular flexibility index (Phi) is 6.32. The number of rotatable bonds is 7. The van der Waals surface area contributed by atoms with Gasteiger partial charge in [-0.25, -0.2) is 4.98 Å². The van der Waals surface area contributed by atoms with E-state index in [4.69, 9.17) is 16.6 Å². The highest BCUT2D eigenvalue weighted by molar-refractivity contribution is 7.99. The third kappa shape index (κ3) is 4.75. The molecule has 2 aromatic heterocycles. The maximum Gasteiger partial charge on any atom is 0.225 e. The van der Waals surface area contributed by atoms with Gasteiger partial charge in [0.25, 0.3) is 0 Å². The topological polar surface area (TPSA) is 42.0 Å². The molecule has 0 aliphatic carbocycles. The summed E-state index contributed by atoms with van der Waals surface area (Å²) >= 11 is 10.8. The fraction of sp³-hybridized carbons (Fsp3) is 0.143. The number of thioether (sulfide) groups is 1. The molecule has 3 nitrogen and oxygen atoms in total. The van der Waals surface area contributed by atoms with Gasteiger partial charge in [-0.15, -0.1) is 34.4 Å². The average Bonchev–Trinajstić information content (AvgIpc) is 3.33. The molecule has 28 heavy (non-hydrogen) atoms. The summed E-state index contributed by atoms with van der Waals surface area (Å²) in [6.45, 7) is 0. The predicted molar refractivity (Wildman–Crippen MR) is 123 cm³/mol. The largest absolute Gasteiger partial charge is 0.317 e. The molecule has 2 aromatic carbocycles. The number of nitrogens with one attached hydrogen (secondary N) is 1. The Morgan fingerprint density at radius 2 is 1.93 bits per heavy atom. The van der Waals surface area contributed by atoms with Crippen LogP contribution in [0.1, 0.15) is 12.8 Å². The molecule has 4 rings (SSSR count). The second-order valence-electron chi connectivity index (χ2n) is 6.10. The van der Waals surface area contributed by atoms with Crippen LogP contribution in [0, 0.1) is 0 Å². The van der Waals surface area contributed by atoms with Crippen molar-refractivity contribution in [3.63, 3.8) is 0 Å². The molecule has 0 radical (unpaired) electrons. The van der Waals surface area contributed by atoms with E-state index in [1.165, 1.54) is 16.2 Å². The number of hydrogen-bond acceptors (Lipinski definition) is 5. The normalized spacial score (nSPS) is 11.0. The minimum atomic E-state index is 0.0431. The molecular weight excluding hydrogens is 428 g/mol. The van der Waals surface area contributed by atoms with E-state index in [-0.39, 0.29) is 5.91 Å². The van der Waals surface area contributed by atoms with Crippen molar-refractivity contribution in [3.8, 4) is 10.6 Å². The summed E-state index contributed by atoms with van der Waals surface area (Å²) in [4.78, 5) is 18.2. The molecule has 0 saturated carbocycles. The zero-order chi connectivity index (χ0) is 19.3. The average molecular weight is 445 g/mol. The molecule has 4 aromatic rings. The van der Waals surface area contributed by atoms with Crippen molar-refractivity contribution < 1.29 is 4.79 Å². The highest BCUT2D eigenvalue weighted by Crippen LogP contribution is 2.37. The van der Waals surface area contributed by atoms with Crippen molar-refractivity contribution in [1.29, 1.82) is 0 Å². The highest BCUT2D eigenvalue weighted by atomic mass is 35.5. The number of carbonyl (C=O) groups is 1. The summed E-state index contributed by atoms with van der Waals surface area (Å²) in [6.07, 6.45) is 1.32. The second kappa shape index (κ2) is 9.09. The second-order valence-corrected chi connectivity index (χ2v) is 9.66. The first-order valence-electron chi connectivity index (χ1n) is 8.81. The quantitative estimate of drug-likeness (QED) is 0.242. The first-order valence-corrected chi connectivity index (χ1v) is 11.9. The lowest BCUT2D eigenvalue weighted by atomic mass is 10.3. The van der Waals surface area contributed by atoms with Crippen LogP contribution in [-0.4, -0.2) is 16.6 Å². The van der Waals surface area contributed by atoms with Crippen molar-refractivity contribution in [2.24, 2.45) is 0 Å². The van der Waals surface area contributed by atoms with Gasteiger partial charge in [0.05, 0.1) is 10.2 Å². The van der Waals surface area contributed by atoms with Crippen LogP contribution in [0.4, 0.5) is 5.00 Å². The van der Waals surface area contributed by atoms with Crippen molar-refractivity contribution in [2.75, 3.05) is 11.1 Å². The molecule has 0 unspecified atom stereocenters. The number of nitrogens with zero attached hydrogens (tertiary/aromatic N) is 1. The van der Waals surface area contributed by atoms with Gasteiger partial charge < -0.3 is 5.32 Å². The lowest BCUT2D eigenvalue weighted by Crippen LogP contribution is -2.11. The van der Waals surface area contributed by atoms with E-state index in [0.29, 0.717) is 6.42 Å². The molecule has 0 aliphatic rings. The number of thiazole rings is 1. The number of aromatic nitrogens is 1. The van der Waals surface area contributed by atoms with E-state index < -0.39 is 0 Å². The first kappa shape index (κ1) is 19.5. The van der Waals surface area contributed by atoms with Crippen LogP contribution >= 0.6 is 46.0 Å². The highest BCUT2D eigenvalue weighted by Gasteiger charge is 2.14. The minimum absolute atomic E-state index is 0.0431. The van der Waals surface area contributed by atoms with Crippen LogP contribution in [0.15, 0.2) is 64.9 Å². The number of carbonyl (C=O) groups excluding carboxylic acids is 1. The van der Waals surface area contributed by atoms with Crippen LogP contribution in [0.25, 0.3) is 20.8 Å². The van der Waals surface area contributed by atoms with Crippen LogP contribution in [0.5, 0.6) is 0 Å². The lowest BCUT2D eigenvalue weighted by molar-refractivity contribution is -0.116. The van der Waals surface area contributed by atoms with Crippen LogP contribution in [-0.2, 0) is 4.79 Å². The predicted octanol–water partition coefficient (Wildman–Crippen LogP) is 7.19. The summed E-state index contributed by atoms with van der Waals surface area (Å²) in [5.74, 6) is 0.936. The van der Waals surface area contributed by atoms with Gasteiger partial charge in [0.2, 0.25) is 5.91 Å². The Morgan fingerprint density at radius 3 is 2.75 bits per heavy atom. The lowest BCUT2D eigenvalue weighted by Gasteiger charge is -2.05. The molecule has 2 heterocycles. The van der Waals surface area contributed by atoms with E-state index in [0.717, 1.165) is 43.0 Å². The summed E-state index contributed by atoms with van der Waals surface area (Å²) < 4.78 is 1.15. The van der Waals surface area contributed by atoms with E-state index in [1.54, 1.807) is 23.1 Å². The summed E-state index contributed by atoms with van der Waals surface area (Å²) in [7, 11) is 0. The number of benzene rings is 2. The molecule has 142 valence electrons. The molecule has 0 saturated heterocycles. The fourth-order valence-corrected chi connectivity index (χ4v) is 5.55. The molecule has 7 heteroatoms. The Labute approximate surface area is 180 Å². The number of fused-ring (bicyclic) bond motifs is 1. The van der Waals surface area contributed by atoms with Gasteiger partial charge in [-0.1, -0.05) is 23.7 Å². The molecule has 0 aliphatic heterocycles. The third-order valence-electron chi connectivity index (χ3n) is 4.07. The monoisotopic (exact) mass is 444 g/mol. The number of anilines is 1. The molecule has 0 atom stereocenters. The number of amides is 1. The Morgan fingerprint density at radius 1 is 1.11 bits per heavy atom. The number of para-hydroxylation sites is 1. The summed E-state index contributed by atoms with van der Waals surface area (Å²) in [5, 5.41) is 7.60. The van der Waals surface area contributed by atoms with Gasteiger partial charge in [0.1, 0.15) is 10.0 Å². The Hall–Kier alpha value is -1.86. The van der Waals surface area contributed by atoms with Crippen molar-refractivity contribution in [2.45, 2.75) is 17.7 Å². The zero-order valence-corrected chi connectivity index (χ0v) is 18.1. The molecule has 0 bridgehead atoms. The van der Waals surface area contributed by atoms with E-state index in [2.05, 4.69) is 11.4 Å². The van der Waals surface area contributed by atoms with E-state index in [1.807, 2.05) is 53.9 Å². The number of hydrogen-bond donors (Lipinski definition) is 1. The SMILES string of the molecule is O=C(CCCSc1ccc(Cl)cc1)Nc1sccc1-c1nc2ccccc2s1. The maximum atomic E-state index is 12.4. The van der Waals surface area contributed by atoms with E-state index in [9.17, 15) is 4.79 Å². The standard InChI is InChI=1S/C21H17ClN2OS3/c22-14-7-9-15(10-8-14)26-12-3-6-19(25)24-20-16(11-13-27-20)21-23-17-4-1-2-5-18(17)28-21/h1-2,4-5,7-11,13H,3,6,12H2,(H,24,25). The van der Waals surface area contributed by atoms with Crippen LogP contribution in [0.3, 0.4) is 0 Å². The van der Waals surface area contributed by atoms with Crippen LogP contribution in [0.2, 0.25) is 5.02 Å². The third-order valence-corrected chi connectivity index (χ3v) is 7.32. The number of halogens is 1. The zero-order valence-electron chi connectivity index (χ0n) is 14.9. The van der Waals surface area contributed by atoms with Crippen LogP contribution < -0.4 is 5.32 Å². The molecular formula is C21H17ClN2OS3. The first-order chi connectivity index (χ1) is 13.7. The molecule has 1 amide bonds. The molecule has 0 spiro atoms. The molecule has 1 N–H and O–H groups in total. The van der Waals surface area contributed by atoms with E-state index >= 15 is 0 Å². The van der Waals surface area contributed by atoms with Gasteiger partial charge in [0.15, 0.2) is 0 Å². The summed E-state index contributed by atoms with van der Waals surface area (Å²) in [6, 6.07) is 17.9. The van der Waals surface area contributed by atoms with Crippen molar-refractivity contribution in [3.05, 3.63) is 65.0 Å². The van der Waals surface area contributed by atoms with Gasteiger partial charge in [-0.2, -0.15) is 0 Å². The minimum Gasteiger partial charge on any atom is -0.317 e. The summed E-state index contributed by atoms with van der Waals surface area (Å²) in [5.41, 5.74) is 1.99. The van der Waals surface area contributed by atoms with Crippen molar-refractivity contribution in [1.82, 2.24) is 4.98 Å². The Bertz CT molecular complexity index is 1060. The Balaban J connectivity index is 1.32. The van der Waals surface area contributed by atoms with Crippen molar-refractivity contribution >= 4 is 67.2 Å². The fourth-order valence-electron chi connectivity index (χ4n) is 2.70. The van der Waals surface area contributed by atoms with Gasteiger partial charge in [-0.3, -0.25) is 4.79 Å².